The third-order valence-electron chi connectivity index (χ3n) is 5.23. The molecule has 2 N–H and O–H groups in total. The molecule has 1 aromatic heterocycles. The fourth-order valence-corrected chi connectivity index (χ4v) is 3.76. The number of rotatable bonds is 5. The lowest BCUT2D eigenvalue weighted by atomic mass is 10.1. The summed E-state index contributed by atoms with van der Waals surface area (Å²) < 4.78 is 0. The minimum atomic E-state index is 0.0896. The maximum Gasteiger partial charge on any atom is 0.229 e. The number of nitrogen functional groups attached to an aromatic ring is 1. The highest BCUT2D eigenvalue weighted by molar-refractivity contribution is 6.31. The second-order valence-corrected chi connectivity index (χ2v) is 7.60. The number of hydrogen-bond acceptors (Lipinski definition) is 7. The Morgan fingerprint density at radius 1 is 0.963 bits per heavy atom. The van der Waals surface area contributed by atoms with E-state index in [9.17, 15) is 0 Å². The van der Waals surface area contributed by atoms with Crippen LogP contribution in [0.25, 0.3) is 0 Å². The van der Waals surface area contributed by atoms with E-state index in [0.29, 0.717) is 12.0 Å². The van der Waals surface area contributed by atoms with Crippen molar-refractivity contribution in [3.8, 4) is 0 Å². The average Bonchev–Trinajstić information content (AvgIpc) is 2.67. The van der Waals surface area contributed by atoms with Gasteiger partial charge in [-0.3, -0.25) is 9.80 Å². The lowest BCUT2D eigenvalue weighted by Crippen LogP contribution is -2.48. The summed E-state index contributed by atoms with van der Waals surface area (Å²) in [5.74, 6) is 1.58. The monoisotopic (exact) mass is 389 g/mol. The van der Waals surface area contributed by atoms with Crippen LogP contribution in [0.1, 0.15) is 37.3 Å². The van der Waals surface area contributed by atoms with Gasteiger partial charge in [0.2, 0.25) is 11.9 Å². The summed E-state index contributed by atoms with van der Waals surface area (Å²) >= 11 is 6.38. The molecule has 1 aliphatic rings. The molecule has 27 heavy (non-hydrogen) atoms. The van der Waals surface area contributed by atoms with E-state index in [1.807, 2.05) is 37.2 Å². The molecule has 0 bridgehead atoms. The van der Waals surface area contributed by atoms with Gasteiger partial charge in [0.25, 0.3) is 0 Å². The number of piperazine rings is 1. The number of anilines is 2. The van der Waals surface area contributed by atoms with Gasteiger partial charge in [0.1, 0.15) is 0 Å². The van der Waals surface area contributed by atoms with Crippen LogP contribution in [-0.4, -0.2) is 65.0 Å². The molecule has 0 radical (unpaired) electrons. The highest BCUT2D eigenvalue weighted by Crippen LogP contribution is 2.29. The maximum atomic E-state index is 6.38. The lowest BCUT2D eigenvalue weighted by Gasteiger charge is -2.40. The van der Waals surface area contributed by atoms with Gasteiger partial charge in [0.15, 0.2) is 5.82 Å². The van der Waals surface area contributed by atoms with Crippen molar-refractivity contribution >= 4 is 23.5 Å². The molecule has 1 aromatic carbocycles. The van der Waals surface area contributed by atoms with Gasteiger partial charge in [0, 0.05) is 51.3 Å². The molecule has 7 nitrogen and oxygen atoms in total. The van der Waals surface area contributed by atoms with E-state index < -0.39 is 0 Å². The van der Waals surface area contributed by atoms with Crippen molar-refractivity contribution in [1.82, 2.24) is 24.8 Å². The zero-order chi connectivity index (χ0) is 19.6. The Hall–Kier alpha value is -1.96. The minimum Gasteiger partial charge on any atom is -0.368 e. The molecule has 0 saturated carbocycles. The molecular formula is C19H28ClN7. The molecule has 1 aliphatic heterocycles. The summed E-state index contributed by atoms with van der Waals surface area (Å²) in [5.41, 5.74) is 7.06. The normalized spacial score (nSPS) is 18.3. The first kappa shape index (κ1) is 19.8. The van der Waals surface area contributed by atoms with E-state index in [-0.39, 0.29) is 12.0 Å². The summed E-state index contributed by atoms with van der Waals surface area (Å²) in [5, 5.41) is 0.831. The molecule has 0 spiro atoms. The number of halogens is 1. The van der Waals surface area contributed by atoms with Crippen molar-refractivity contribution < 1.29 is 0 Å². The first-order valence-corrected chi connectivity index (χ1v) is 9.66. The van der Waals surface area contributed by atoms with Gasteiger partial charge in [-0.1, -0.05) is 29.8 Å². The van der Waals surface area contributed by atoms with Gasteiger partial charge in [-0.15, -0.1) is 0 Å². The summed E-state index contributed by atoms with van der Waals surface area (Å²) in [6, 6.07) is 8.47. The van der Waals surface area contributed by atoms with Crippen molar-refractivity contribution in [2.75, 3.05) is 50.9 Å². The molecular weight excluding hydrogens is 362 g/mol. The van der Waals surface area contributed by atoms with Gasteiger partial charge in [-0.05, 0) is 25.5 Å². The number of nitrogens with zero attached hydrogens (tertiary/aromatic N) is 6. The second kappa shape index (κ2) is 8.37. The van der Waals surface area contributed by atoms with Crippen molar-refractivity contribution in [3.05, 3.63) is 40.7 Å². The third kappa shape index (κ3) is 4.48. The molecule has 0 aliphatic carbocycles. The Balaban J connectivity index is 1.66. The predicted molar refractivity (Wildman–Crippen MR) is 110 cm³/mol. The number of nitrogens with two attached hydrogens (primary N) is 1. The molecule has 3 rings (SSSR count). The number of hydrogen-bond donors (Lipinski definition) is 1. The van der Waals surface area contributed by atoms with Crippen LogP contribution in [0, 0.1) is 0 Å². The summed E-state index contributed by atoms with van der Waals surface area (Å²) in [6.45, 7) is 8.17. The van der Waals surface area contributed by atoms with E-state index in [1.165, 1.54) is 5.56 Å². The molecule has 146 valence electrons. The maximum absolute atomic E-state index is 6.38. The zero-order valence-corrected chi connectivity index (χ0v) is 17.2. The first-order chi connectivity index (χ1) is 12.9. The van der Waals surface area contributed by atoms with Crippen molar-refractivity contribution in [1.29, 1.82) is 0 Å². The van der Waals surface area contributed by atoms with E-state index in [0.717, 1.165) is 37.0 Å². The van der Waals surface area contributed by atoms with Crippen LogP contribution in [-0.2, 0) is 0 Å². The van der Waals surface area contributed by atoms with E-state index in [1.54, 1.807) is 0 Å². The average molecular weight is 390 g/mol. The number of aromatic nitrogens is 3. The Kier molecular flexibility index (Phi) is 6.14. The van der Waals surface area contributed by atoms with Gasteiger partial charge in [-0.2, -0.15) is 15.0 Å². The van der Waals surface area contributed by atoms with Gasteiger partial charge < -0.3 is 10.6 Å². The van der Waals surface area contributed by atoms with Crippen molar-refractivity contribution in [2.45, 2.75) is 25.9 Å². The fraction of sp³-hybridized carbons (Fsp3) is 0.526. The van der Waals surface area contributed by atoms with E-state index in [2.05, 4.69) is 44.7 Å². The standard InChI is InChI=1S/C19H28ClN7/c1-13(15-7-5-6-8-16(15)20)26-9-11-27(12-10-26)14(2)17-22-18(21)24-19(23-17)25(3)4/h5-8,13-14H,9-12H2,1-4H3,(H2,21,22,23,24)/t13-,14-/m1/s1. The molecule has 8 heteroatoms. The van der Waals surface area contributed by atoms with Crippen molar-refractivity contribution in [3.63, 3.8) is 0 Å². The van der Waals surface area contributed by atoms with Crippen LogP contribution >= 0.6 is 11.6 Å². The van der Waals surface area contributed by atoms with Crippen LogP contribution in [0.2, 0.25) is 5.02 Å². The van der Waals surface area contributed by atoms with Gasteiger partial charge in [0.05, 0.1) is 6.04 Å². The SMILES string of the molecule is C[C@H](c1nc(N)nc(N(C)C)n1)N1CCN([C@H](C)c2ccccc2Cl)CC1. The van der Waals surface area contributed by atoms with Gasteiger partial charge in [-0.25, -0.2) is 0 Å². The fourth-order valence-electron chi connectivity index (χ4n) is 3.47. The van der Waals surface area contributed by atoms with Crippen LogP contribution in [0.5, 0.6) is 0 Å². The minimum absolute atomic E-state index is 0.0896. The zero-order valence-electron chi connectivity index (χ0n) is 16.4. The highest BCUT2D eigenvalue weighted by atomic mass is 35.5. The predicted octanol–water partition coefficient (Wildman–Crippen LogP) is 2.61. The third-order valence-corrected chi connectivity index (χ3v) is 5.58. The van der Waals surface area contributed by atoms with Crippen LogP contribution in [0.3, 0.4) is 0 Å². The topological polar surface area (TPSA) is 74.4 Å². The Bertz CT molecular complexity index is 774. The molecule has 2 heterocycles. The molecule has 2 atom stereocenters. The van der Waals surface area contributed by atoms with Crippen LogP contribution in [0.15, 0.2) is 24.3 Å². The lowest BCUT2D eigenvalue weighted by molar-refractivity contribution is 0.0758. The Labute approximate surface area is 166 Å². The Morgan fingerprint density at radius 3 is 2.15 bits per heavy atom. The molecule has 0 unspecified atom stereocenters. The summed E-state index contributed by atoms with van der Waals surface area (Å²) in [7, 11) is 3.80. The highest BCUT2D eigenvalue weighted by Gasteiger charge is 2.27. The van der Waals surface area contributed by atoms with E-state index >= 15 is 0 Å². The van der Waals surface area contributed by atoms with Gasteiger partial charge >= 0.3 is 0 Å². The summed E-state index contributed by atoms with van der Waals surface area (Å²) in [4.78, 5) is 19.8. The largest absolute Gasteiger partial charge is 0.368 e. The molecule has 2 aromatic rings. The van der Waals surface area contributed by atoms with E-state index in [4.69, 9.17) is 17.3 Å². The molecule has 1 fully saturated rings. The molecule has 1 saturated heterocycles. The quantitative estimate of drug-likeness (QED) is 0.842. The smallest absolute Gasteiger partial charge is 0.229 e. The first-order valence-electron chi connectivity index (χ1n) is 9.28. The van der Waals surface area contributed by atoms with Crippen molar-refractivity contribution in [2.24, 2.45) is 0 Å². The number of benzene rings is 1. The van der Waals surface area contributed by atoms with Crippen LogP contribution < -0.4 is 10.6 Å². The second-order valence-electron chi connectivity index (χ2n) is 7.19. The molecule has 0 amide bonds. The summed E-state index contributed by atoms with van der Waals surface area (Å²) in [6.07, 6.45) is 0. The van der Waals surface area contributed by atoms with Crippen LogP contribution in [0.4, 0.5) is 11.9 Å². The Morgan fingerprint density at radius 2 is 1.56 bits per heavy atom.